The average molecular weight is 352 g/mol. The molecule has 2 aromatic rings. The number of amides is 1. The number of para-hydroxylation sites is 1. The number of ether oxygens (including phenoxy) is 2. The number of aryl methyl sites for hydroxylation is 1. The van der Waals surface area contributed by atoms with Gasteiger partial charge < -0.3 is 14.8 Å². The Kier molecular flexibility index (Phi) is 8.01. The summed E-state index contributed by atoms with van der Waals surface area (Å²) in [5, 5.41) is 11.2. The van der Waals surface area contributed by atoms with Crippen LogP contribution >= 0.6 is 0 Å². The number of carbonyl (C=O) groups excluding carboxylic acids is 1. The van der Waals surface area contributed by atoms with Crippen LogP contribution in [-0.4, -0.2) is 25.7 Å². The lowest BCUT2D eigenvalue weighted by Crippen LogP contribution is -2.25. The number of nitriles is 1. The zero-order chi connectivity index (χ0) is 18.6. The number of nitrogens with one attached hydrogen (secondary N) is 1. The van der Waals surface area contributed by atoms with Crippen LogP contribution in [0, 0.1) is 11.3 Å². The maximum absolute atomic E-state index is 11.3. The van der Waals surface area contributed by atoms with Crippen molar-refractivity contribution in [2.75, 3.05) is 19.8 Å². The van der Waals surface area contributed by atoms with Gasteiger partial charge in [-0.1, -0.05) is 37.3 Å². The fourth-order valence-corrected chi connectivity index (χ4v) is 2.45. The van der Waals surface area contributed by atoms with E-state index in [1.807, 2.05) is 42.5 Å². The third kappa shape index (κ3) is 6.48. The van der Waals surface area contributed by atoms with Gasteiger partial charge in [-0.3, -0.25) is 4.79 Å². The Morgan fingerprint density at radius 1 is 1.08 bits per heavy atom. The Hall–Kier alpha value is -3.00. The van der Waals surface area contributed by atoms with Gasteiger partial charge in [0.25, 0.3) is 0 Å². The minimum Gasteiger partial charge on any atom is -0.490 e. The standard InChI is InChI=1S/C21H24N2O3/c1-2-17-7-9-19(10-8-17)25-15-16-26-20-6-4-3-5-18(20)12-14-23-21(24)11-13-22/h3-10H,2,11-12,14-16H2,1H3,(H,23,24). The highest BCUT2D eigenvalue weighted by Gasteiger charge is 2.05. The van der Waals surface area contributed by atoms with Crippen molar-refractivity contribution in [2.45, 2.75) is 26.2 Å². The van der Waals surface area contributed by atoms with Crippen molar-refractivity contribution in [3.05, 3.63) is 59.7 Å². The average Bonchev–Trinajstić information content (AvgIpc) is 2.67. The molecule has 0 radical (unpaired) electrons. The summed E-state index contributed by atoms with van der Waals surface area (Å²) < 4.78 is 11.5. The number of benzene rings is 2. The highest BCUT2D eigenvalue weighted by atomic mass is 16.5. The third-order valence-corrected chi connectivity index (χ3v) is 3.87. The molecule has 5 nitrogen and oxygen atoms in total. The van der Waals surface area contributed by atoms with E-state index in [0.29, 0.717) is 26.2 Å². The predicted molar refractivity (Wildman–Crippen MR) is 100 cm³/mol. The fraction of sp³-hybridized carbons (Fsp3) is 0.333. The Labute approximate surface area is 154 Å². The first-order valence-electron chi connectivity index (χ1n) is 8.79. The van der Waals surface area contributed by atoms with Crippen molar-refractivity contribution in [1.29, 1.82) is 5.26 Å². The molecule has 0 aliphatic rings. The van der Waals surface area contributed by atoms with Crippen LogP contribution in [0.4, 0.5) is 0 Å². The van der Waals surface area contributed by atoms with Crippen LogP contribution < -0.4 is 14.8 Å². The molecule has 1 N–H and O–H groups in total. The smallest absolute Gasteiger partial charge is 0.234 e. The molecule has 0 fully saturated rings. The quantitative estimate of drug-likeness (QED) is 0.666. The molecular formula is C21H24N2O3. The summed E-state index contributed by atoms with van der Waals surface area (Å²) in [7, 11) is 0. The summed E-state index contributed by atoms with van der Waals surface area (Å²) >= 11 is 0. The molecule has 0 saturated heterocycles. The molecule has 0 bridgehead atoms. The summed E-state index contributed by atoms with van der Waals surface area (Å²) in [5.41, 5.74) is 2.29. The van der Waals surface area contributed by atoms with E-state index in [1.54, 1.807) is 0 Å². The van der Waals surface area contributed by atoms with Crippen LogP contribution in [0.15, 0.2) is 48.5 Å². The zero-order valence-corrected chi connectivity index (χ0v) is 15.0. The largest absolute Gasteiger partial charge is 0.490 e. The van der Waals surface area contributed by atoms with Crippen molar-refractivity contribution in [1.82, 2.24) is 5.32 Å². The van der Waals surface area contributed by atoms with Gasteiger partial charge in [-0.05, 0) is 42.2 Å². The van der Waals surface area contributed by atoms with Gasteiger partial charge in [-0.15, -0.1) is 0 Å². The number of hydrogen-bond donors (Lipinski definition) is 1. The van der Waals surface area contributed by atoms with Crippen LogP contribution in [-0.2, 0) is 17.6 Å². The monoisotopic (exact) mass is 352 g/mol. The molecule has 0 aliphatic heterocycles. The third-order valence-electron chi connectivity index (χ3n) is 3.87. The highest BCUT2D eigenvalue weighted by Crippen LogP contribution is 2.18. The van der Waals surface area contributed by atoms with E-state index in [0.717, 1.165) is 23.5 Å². The molecule has 0 saturated carbocycles. The molecule has 2 rings (SSSR count). The normalized spacial score (nSPS) is 10.0. The van der Waals surface area contributed by atoms with Crippen molar-refractivity contribution in [3.8, 4) is 17.6 Å². The number of hydrogen-bond acceptors (Lipinski definition) is 4. The SMILES string of the molecule is CCc1ccc(OCCOc2ccccc2CCNC(=O)CC#N)cc1. The summed E-state index contributed by atoms with van der Waals surface area (Å²) in [5.74, 6) is 1.36. The van der Waals surface area contributed by atoms with Crippen LogP contribution in [0.2, 0.25) is 0 Å². The summed E-state index contributed by atoms with van der Waals surface area (Å²) in [6, 6.07) is 17.6. The van der Waals surface area contributed by atoms with Gasteiger partial charge in [0.1, 0.15) is 31.1 Å². The molecule has 5 heteroatoms. The Bertz CT molecular complexity index is 736. The van der Waals surface area contributed by atoms with Gasteiger partial charge in [0, 0.05) is 6.54 Å². The lowest BCUT2D eigenvalue weighted by Gasteiger charge is -2.12. The van der Waals surface area contributed by atoms with Crippen LogP contribution in [0.3, 0.4) is 0 Å². The maximum atomic E-state index is 11.3. The first kappa shape index (κ1) is 19.3. The second-order valence-corrected chi connectivity index (χ2v) is 5.74. The van der Waals surface area contributed by atoms with Gasteiger partial charge in [0.2, 0.25) is 5.91 Å². The van der Waals surface area contributed by atoms with Crippen molar-refractivity contribution < 1.29 is 14.3 Å². The Morgan fingerprint density at radius 2 is 1.81 bits per heavy atom. The van der Waals surface area contributed by atoms with E-state index in [1.165, 1.54) is 5.56 Å². The topological polar surface area (TPSA) is 71.3 Å². The maximum Gasteiger partial charge on any atom is 0.234 e. The van der Waals surface area contributed by atoms with Gasteiger partial charge in [-0.25, -0.2) is 0 Å². The lowest BCUT2D eigenvalue weighted by atomic mass is 10.1. The molecule has 0 spiro atoms. The number of rotatable bonds is 10. The Balaban J connectivity index is 1.76. The van der Waals surface area contributed by atoms with E-state index in [9.17, 15) is 4.79 Å². The molecule has 26 heavy (non-hydrogen) atoms. The number of carbonyl (C=O) groups is 1. The molecule has 1 amide bonds. The molecule has 2 aromatic carbocycles. The molecule has 0 atom stereocenters. The van der Waals surface area contributed by atoms with Crippen LogP contribution in [0.1, 0.15) is 24.5 Å². The lowest BCUT2D eigenvalue weighted by molar-refractivity contribution is -0.120. The summed E-state index contributed by atoms with van der Waals surface area (Å²) in [6.07, 6.45) is 1.54. The molecule has 0 unspecified atom stereocenters. The van der Waals surface area contributed by atoms with Gasteiger partial charge in [-0.2, -0.15) is 5.26 Å². The van der Waals surface area contributed by atoms with Crippen LogP contribution in [0.25, 0.3) is 0 Å². The second kappa shape index (κ2) is 10.8. The first-order valence-corrected chi connectivity index (χ1v) is 8.79. The van der Waals surface area contributed by atoms with Crippen molar-refractivity contribution in [3.63, 3.8) is 0 Å². The molecule has 136 valence electrons. The molecular weight excluding hydrogens is 328 g/mol. The highest BCUT2D eigenvalue weighted by molar-refractivity contribution is 5.77. The Morgan fingerprint density at radius 3 is 2.54 bits per heavy atom. The number of nitrogens with zero attached hydrogens (tertiary/aromatic N) is 1. The van der Waals surface area contributed by atoms with Crippen molar-refractivity contribution >= 4 is 5.91 Å². The van der Waals surface area contributed by atoms with Gasteiger partial charge in [0.15, 0.2) is 0 Å². The second-order valence-electron chi connectivity index (χ2n) is 5.74. The van der Waals surface area contributed by atoms with E-state index in [-0.39, 0.29) is 12.3 Å². The zero-order valence-electron chi connectivity index (χ0n) is 15.0. The van der Waals surface area contributed by atoms with Gasteiger partial charge >= 0.3 is 0 Å². The van der Waals surface area contributed by atoms with E-state index < -0.39 is 0 Å². The summed E-state index contributed by atoms with van der Waals surface area (Å²) in [4.78, 5) is 11.3. The predicted octanol–water partition coefficient (Wildman–Crippen LogP) is 3.28. The van der Waals surface area contributed by atoms with Crippen molar-refractivity contribution in [2.24, 2.45) is 0 Å². The molecule has 0 aromatic heterocycles. The first-order chi connectivity index (χ1) is 12.7. The van der Waals surface area contributed by atoms with Gasteiger partial charge in [0.05, 0.1) is 6.07 Å². The minimum absolute atomic E-state index is 0.116. The minimum atomic E-state index is -0.256. The summed E-state index contributed by atoms with van der Waals surface area (Å²) in [6.45, 7) is 3.49. The fourth-order valence-electron chi connectivity index (χ4n) is 2.45. The molecule has 0 heterocycles. The van der Waals surface area contributed by atoms with E-state index in [2.05, 4.69) is 24.4 Å². The van der Waals surface area contributed by atoms with E-state index in [4.69, 9.17) is 14.7 Å². The van der Waals surface area contributed by atoms with E-state index >= 15 is 0 Å². The molecule has 0 aliphatic carbocycles. The van der Waals surface area contributed by atoms with Crippen LogP contribution in [0.5, 0.6) is 11.5 Å².